The minimum atomic E-state index is -0.499. The smallest absolute Gasteiger partial charge is 0.256 e. The number of amides is 2. The first-order chi connectivity index (χ1) is 16.1. The van der Waals surface area contributed by atoms with Crippen molar-refractivity contribution in [3.05, 3.63) is 95.9 Å². The molecule has 1 aliphatic heterocycles. The molecule has 1 fully saturated rings. The molecule has 4 rings (SSSR count). The summed E-state index contributed by atoms with van der Waals surface area (Å²) in [6.07, 6.45) is 5.61. The van der Waals surface area contributed by atoms with E-state index in [9.17, 15) is 14.0 Å². The monoisotopic (exact) mass is 444 g/mol. The molecule has 0 bridgehead atoms. The van der Waals surface area contributed by atoms with Gasteiger partial charge in [-0.15, -0.1) is 0 Å². The van der Waals surface area contributed by atoms with Gasteiger partial charge in [0, 0.05) is 32.3 Å². The summed E-state index contributed by atoms with van der Waals surface area (Å²) >= 11 is 0. The van der Waals surface area contributed by atoms with Crippen LogP contribution in [0.3, 0.4) is 0 Å². The van der Waals surface area contributed by atoms with E-state index < -0.39 is 5.82 Å². The summed E-state index contributed by atoms with van der Waals surface area (Å²) in [7, 11) is 0. The normalized spacial score (nSPS) is 14.2. The molecule has 7 heteroatoms. The van der Waals surface area contributed by atoms with E-state index in [1.54, 1.807) is 29.3 Å². The second-order valence-corrected chi connectivity index (χ2v) is 7.75. The van der Waals surface area contributed by atoms with Crippen LogP contribution in [0.25, 0.3) is 6.08 Å². The first-order valence-corrected chi connectivity index (χ1v) is 10.9. The molecule has 0 spiro atoms. The molecular formula is C26H25FN4O2. The molecule has 1 aliphatic rings. The number of benzene rings is 2. The van der Waals surface area contributed by atoms with E-state index in [2.05, 4.69) is 15.2 Å². The number of halogens is 1. The Hall–Kier alpha value is -4.00. The summed E-state index contributed by atoms with van der Waals surface area (Å²) in [4.78, 5) is 33.1. The Bertz CT molecular complexity index is 1130. The van der Waals surface area contributed by atoms with E-state index in [0.29, 0.717) is 25.3 Å². The summed E-state index contributed by atoms with van der Waals surface area (Å²) in [5, 5.41) is 2.80. The standard InChI is InChI=1S/C26H25FN4O2/c27-23-10-5-4-9-22(23)26(33)31-16-6-15-30(17-18-31)24-13-12-21(19-28-24)29-25(32)14-11-20-7-2-1-3-8-20/h1-5,7-14,19H,6,15-18H2,(H,29,32)/b14-11+. The Balaban J connectivity index is 1.33. The molecule has 1 N–H and O–H groups in total. The maximum atomic E-state index is 14.0. The van der Waals surface area contributed by atoms with Crippen molar-refractivity contribution in [1.29, 1.82) is 0 Å². The predicted molar refractivity (Wildman–Crippen MR) is 127 cm³/mol. The highest BCUT2D eigenvalue weighted by atomic mass is 19.1. The summed E-state index contributed by atoms with van der Waals surface area (Å²) in [5.41, 5.74) is 1.66. The molecule has 1 aromatic heterocycles. The quantitative estimate of drug-likeness (QED) is 0.599. The third-order valence-electron chi connectivity index (χ3n) is 5.45. The van der Waals surface area contributed by atoms with Crippen molar-refractivity contribution in [2.75, 3.05) is 36.4 Å². The molecule has 33 heavy (non-hydrogen) atoms. The molecule has 0 unspecified atom stereocenters. The number of nitrogens with one attached hydrogen (secondary N) is 1. The topological polar surface area (TPSA) is 65.5 Å². The summed E-state index contributed by atoms with van der Waals surface area (Å²) in [5.74, 6) is -0.246. The van der Waals surface area contributed by atoms with Crippen LogP contribution in [-0.2, 0) is 4.79 Å². The van der Waals surface area contributed by atoms with E-state index >= 15 is 0 Å². The van der Waals surface area contributed by atoms with E-state index in [-0.39, 0.29) is 17.4 Å². The number of carbonyl (C=O) groups excluding carboxylic acids is 2. The van der Waals surface area contributed by atoms with E-state index in [1.807, 2.05) is 42.5 Å². The van der Waals surface area contributed by atoms with Crippen LogP contribution < -0.4 is 10.2 Å². The zero-order valence-electron chi connectivity index (χ0n) is 18.2. The summed E-state index contributed by atoms with van der Waals surface area (Å²) in [6, 6.07) is 19.3. The lowest BCUT2D eigenvalue weighted by molar-refractivity contribution is -0.111. The maximum Gasteiger partial charge on any atom is 0.256 e. The predicted octanol–water partition coefficient (Wildman–Crippen LogP) is 4.23. The van der Waals surface area contributed by atoms with Crippen molar-refractivity contribution in [3.8, 4) is 0 Å². The van der Waals surface area contributed by atoms with Crippen molar-refractivity contribution in [2.45, 2.75) is 6.42 Å². The van der Waals surface area contributed by atoms with E-state index in [0.717, 1.165) is 24.3 Å². The Labute approximate surface area is 192 Å². The molecule has 2 heterocycles. The van der Waals surface area contributed by atoms with Crippen LogP contribution >= 0.6 is 0 Å². The van der Waals surface area contributed by atoms with Crippen LogP contribution in [-0.4, -0.2) is 47.9 Å². The second-order valence-electron chi connectivity index (χ2n) is 7.75. The van der Waals surface area contributed by atoms with Crippen LogP contribution in [0.15, 0.2) is 79.0 Å². The van der Waals surface area contributed by atoms with Crippen molar-refractivity contribution in [1.82, 2.24) is 9.88 Å². The van der Waals surface area contributed by atoms with Crippen LogP contribution in [0.1, 0.15) is 22.3 Å². The number of hydrogen-bond acceptors (Lipinski definition) is 4. The van der Waals surface area contributed by atoms with E-state index in [4.69, 9.17) is 0 Å². The number of anilines is 2. The average molecular weight is 445 g/mol. The zero-order chi connectivity index (χ0) is 23.0. The van der Waals surface area contributed by atoms with Gasteiger partial charge in [0.25, 0.3) is 5.91 Å². The van der Waals surface area contributed by atoms with Gasteiger partial charge in [-0.25, -0.2) is 9.37 Å². The number of hydrogen-bond donors (Lipinski definition) is 1. The third-order valence-corrected chi connectivity index (χ3v) is 5.45. The van der Waals surface area contributed by atoms with Gasteiger partial charge in [0.1, 0.15) is 11.6 Å². The lowest BCUT2D eigenvalue weighted by atomic mass is 10.2. The Morgan fingerprint density at radius 3 is 2.45 bits per heavy atom. The number of pyridine rings is 1. The SMILES string of the molecule is O=C(/C=C/c1ccccc1)Nc1ccc(N2CCCN(C(=O)c3ccccc3F)CC2)nc1. The highest BCUT2D eigenvalue weighted by Gasteiger charge is 2.22. The minimum absolute atomic E-state index is 0.102. The first-order valence-electron chi connectivity index (χ1n) is 10.9. The van der Waals surface area contributed by atoms with Crippen LogP contribution in [0.2, 0.25) is 0 Å². The first kappa shape index (κ1) is 22.2. The number of rotatable bonds is 5. The van der Waals surface area contributed by atoms with E-state index in [1.165, 1.54) is 18.2 Å². The molecule has 2 aromatic carbocycles. The van der Waals surface area contributed by atoms with Gasteiger partial charge in [-0.05, 0) is 42.3 Å². The Morgan fingerprint density at radius 2 is 1.70 bits per heavy atom. The number of carbonyl (C=O) groups is 2. The van der Waals surface area contributed by atoms with Gasteiger partial charge < -0.3 is 15.1 Å². The minimum Gasteiger partial charge on any atom is -0.355 e. The molecule has 0 aliphatic carbocycles. The largest absolute Gasteiger partial charge is 0.355 e. The molecule has 0 radical (unpaired) electrons. The Morgan fingerprint density at radius 1 is 0.909 bits per heavy atom. The zero-order valence-corrected chi connectivity index (χ0v) is 18.2. The molecule has 3 aromatic rings. The van der Waals surface area contributed by atoms with Gasteiger partial charge in [0.2, 0.25) is 5.91 Å². The fourth-order valence-electron chi connectivity index (χ4n) is 3.72. The maximum absolute atomic E-state index is 14.0. The Kier molecular flexibility index (Phi) is 7.09. The number of nitrogens with zero attached hydrogens (tertiary/aromatic N) is 3. The van der Waals surface area contributed by atoms with Crippen LogP contribution in [0, 0.1) is 5.82 Å². The van der Waals surface area contributed by atoms with Crippen LogP contribution in [0.5, 0.6) is 0 Å². The summed E-state index contributed by atoms with van der Waals surface area (Å²) in [6.45, 7) is 2.38. The van der Waals surface area contributed by atoms with Gasteiger partial charge >= 0.3 is 0 Å². The molecular weight excluding hydrogens is 419 g/mol. The van der Waals surface area contributed by atoms with Crippen molar-refractivity contribution in [2.24, 2.45) is 0 Å². The van der Waals surface area contributed by atoms with Crippen LogP contribution in [0.4, 0.5) is 15.9 Å². The molecule has 168 valence electrons. The highest BCUT2D eigenvalue weighted by molar-refractivity contribution is 6.01. The highest BCUT2D eigenvalue weighted by Crippen LogP contribution is 2.18. The third kappa shape index (κ3) is 5.83. The van der Waals surface area contributed by atoms with Gasteiger partial charge in [0.15, 0.2) is 0 Å². The molecule has 0 atom stereocenters. The van der Waals surface area contributed by atoms with Crippen molar-refractivity contribution in [3.63, 3.8) is 0 Å². The lowest BCUT2D eigenvalue weighted by Gasteiger charge is -2.23. The molecule has 6 nitrogen and oxygen atoms in total. The fraction of sp³-hybridized carbons (Fsp3) is 0.192. The average Bonchev–Trinajstić information content (AvgIpc) is 3.10. The van der Waals surface area contributed by atoms with Gasteiger partial charge in [0.05, 0.1) is 17.4 Å². The van der Waals surface area contributed by atoms with Gasteiger partial charge in [-0.2, -0.15) is 0 Å². The lowest BCUT2D eigenvalue weighted by Crippen LogP contribution is -2.35. The van der Waals surface area contributed by atoms with Gasteiger partial charge in [-0.3, -0.25) is 9.59 Å². The fourth-order valence-corrected chi connectivity index (χ4v) is 3.72. The van der Waals surface area contributed by atoms with Crippen molar-refractivity contribution < 1.29 is 14.0 Å². The second kappa shape index (κ2) is 10.5. The van der Waals surface area contributed by atoms with Gasteiger partial charge in [-0.1, -0.05) is 42.5 Å². The molecule has 1 saturated heterocycles. The van der Waals surface area contributed by atoms with Crippen molar-refractivity contribution >= 4 is 29.4 Å². The summed E-state index contributed by atoms with van der Waals surface area (Å²) < 4.78 is 14.0. The molecule has 0 saturated carbocycles. The number of aromatic nitrogens is 1. The molecule has 2 amide bonds.